The molecule has 1 aromatic carbocycles. The van der Waals surface area contributed by atoms with E-state index in [0.29, 0.717) is 17.3 Å². The van der Waals surface area contributed by atoms with Gasteiger partial charge in [0.2, 0.25) is 0 Å². The van der Waals surface area contributed by atoms with Crippen molar-refractivity contribution in [3.8, 4) is 6.07 Å². The van der Waals surface area contributed by atoms with Gasteiger partial charge in [-0.1, -0.05) is 0 Å². The van der Waals surface area contributed by atoms with Gasteiger partial charge in [0.05, 0.1) is 17.3 Å². The number of benzene rings is 1. The number of hydrogen-bond acceptors (Lipinski definition) is 3. The van der Waals surface area contributed by atoms with Crippen LogP contribution in [0.25, 0.3) is 0 Å². The van der Waals surface area contributed by atoms with Gasteiger partial charge in [-0.25, -0.2) is 4.39 Å². The van der Waals surface area contributed by atoms with Crippen molar-refractivity contribution in [2.45, 2.75) is 18.9 Å². The molecule has 1 heterocycles. The summed E-state index contributed by atoms with van der Waals surface area (Å²) in [4.78, 5) is 4.29. The Morgan fingerprint density at radius 2 is 2.06 bits per heavy atom. The summed E-state index contributed by atoms with van der Waals surface area (Å²) < 4.78 is 13.9. The van der Waals surface area contributed by atoms with Crippen LogP contribution in [0.15, 0.2) is 18.2 Å². The highest BCUT2D eigenvalue weighted by Crippen LogP contribution is 2.25. The average Bonchev–Trinajstić information content (AvgIpc) is 2.38. The van der Waals surface area contributed by atoms with Gasteiger partial charge in [0, 0.05) is 13.1 Å². The van der Waals surface area contributed by atoms with E-state index in [9.17, 15) is 4.39 Å². The molecule has 18 heavy (non-hydrogen) atoms. The molecule has 1 aromatic rings. The summed E-state index contributed by atoms with van der Waals surface area (Å²) in [7, 11) is 4.04. The van der Waals surface area contributed by atoms with Gasteiger partial charge in [0.1, 0.15) is 5.82 Å². The number of hydrogen-bond donors (Lipinski definition) is 0. The van der Waals surface area contributed by atoms with Gasteiger partial charge in [-0.05, 0) is 51.2 Å². The van der Waals surface area contributed by atoms with Crippen molar-refractivity contribution in [2.24, 2.45) is 0 Å². The minimum absolute atomic E-state index is 0.310. The lowest BCUT2D eigenvalue weighted by Crippen LogP contribution is -2.42. The van der Waals surface area contributed by atoms with E-state index < -0.39 is 0 Å². The third-order valence-corrected chi connectivity index (χ3v) is 3.69. The van der Waals surface area contributed by atoms with Crippen LogP contribution in [0.3, 0.4) is 0 Å². The van der Waals surface area contributed by atoms with Gasteiger partial charge in [-0.15, -0.1) is 0 Å². The fourth-order valence-electron chi connectivity index (χ4n) is 2.44. The van der Waals surface area contributed by atoms with E-state index in [1.807, 2.05) is 18.0 Å². The number of likely N-dealkylation sites (tertiary alicyclic amines) is 1. The fourth-order valence-corrected chi connectivity index (χ4v) is 2.44. The Morgan fingerprint density at radius 3 is 2.61 bits per heavy atom. The number of nitriles is 1. The zero-order valence-corrected chi connectivity index (χ0v) is 10.9. The zero-order valence-electron chi connectivity index (χ0n) is 10.9. The van der Waals surface area contributed by atoms with Crippen LogP contribution in [0.4, 0.5) is 10.1 Å². The van der Waals surface area contributed by atoms with Crippen LogP contribution in [0.5, 0.6) is 0 Å². The first-order valence-corrected chi connectivity index (χ1v) is 6.23. The molecule has 0 bridgehead atoms. The molecule has 0 amide bonds. The van der Waals surface area contributed by atoms with Crippen LogP contribution >= 0.6 is 0 Å². The summed E-state index contributed by atoms with van der Waals surface area (Å²) in [6, 6.07) is 7.01. The molecular weight excluding hydrogens is 229 g/mol. The first kappa shape index (κ1) is 12.8. The topological polar surface area (TPSA) is 30.3 Å². The number of halogens is 1. The highest BCUT2D eigenvalue weighted by molar-refractivity contribution is 5.51. The Balaban J connectivity index is 2.14. The van der Waals surface area contributed by atoms with Gasteiger partial charge in [-0.2, -0.15) is 5.26 Å². The zero-order chi connectivity index (χ0) is 13.1. The van der Waals surface area contributed by atoms with Gasteiger partial charge < -0.3 is 9.80 Å². The lowest BCUT2D eigenvalue weighted by molar-refractivity contribution is 0.252. The van der Waals surface area contributed by atoms with E-state index in [4.69, 9.17) is 5.26 Å². The molecule has 4 heteroatoms. The van der Waals surface area contributed by atoms with Gasteiger partial charge in [0.25, 0.3) is 0 Å². The largest absolute Gasteiger partial charge is 0.369 e. The minimum atomic E-state index is -0.310. The number of anilines is 1. The summed E-state index contributed by atoms with van der Waals surface area (Å²) in [6.07, 6.45) is 2.10. The normalized spacial score (nSPS) is 17.4. The molecule has 0 spiro atoms. The van der Waals surface area contributed by atoms with Crippen molar-refractivity contribution in [3.05, 3.63) is 29.6 Å². The third kappa shape index (κ3) is 2.62. The predicted octanol–water partition coefficient (Wildman–Crippen LogP) is 2.23. The predicted molar refractivity (Wildman–Crippen MR) is 70.0 cm³/mol. The van der Waals surface area contributed by atoms with Crippen molar-refractivity contribution < 1.29 is 4.39 Å². The molecule has 0 unspecified atom stereocenters. The van der Waals surface area contributed by atoms with Crippen molar-refractivity contribution in [3.63, 3.8) is 0 Å². The van der Waals surface area contributed by atoms with Crippen LogP contribution in [0, 0.1) is 17.1 Å². The molecule has 0 radical (unpaired) electrons. The fraction of sp³-hybridized carbons (Fsp3) is 0.500. The maximum atomic E-state index is 13.9. The second kappa shape index (κ2) is 5.36. The molecule has 0 atom stereocenters. The molecule has 3 nitrogen and oxygen atoms in total. The van der Waals surface area contributed by atoms with E-state index in [1.54, 1.807) is 12.1 Å². The molecule has 0 aromatic heterocycles. The van der Waals surface area contributed by atoms with Gasteiger partial charge in [0.15, 0.2) is 0 Å². The summed E-state index contributed by atoms with van der Waals surface area (Å²) in [6.45, 7) is 2.10. The number of nitrogens with zero attached hydrogens (tertiary/aromatic N) is 3. The van der Waals surface area contributed by atoms with Crippen molar-refractivity contribution >= 4 is 5.69 Å². The van der Waals surface area contributed by atoms with Crippen LogP contribution in [0.1, 0.15) is 18.4 Å². The smallest absolute Gasteiger partial charge is 0.147 e. The molecule has 0 saturated carbocycles. The molecule has 1 saturated heterocycles. The summed E-state index contributed by atoms with van der Waals surface area (Å²) in [5, 5.41) is 8.73. The van der Waals surface area contributed by atoms with E-state index in [2.05, 4.69) is 11.9 Å². The van der Waals surface area contributed by atoms with Crippen molar-refractivity contribution in [1.29, 1.82) is 5.26 Å². The van der Waals surface area contributed by atoms with Crippen molar-refractivity contribution in [2.75, 3.05) is 32.1 Å². The van der Waals surface area contributed by atoms with Crippen LogP contribution in [-0.2, 0) is 0 Å². The Hall–Kier alpha value is -1.60. The SMILES string of the molecule is CN1CCC(N(C)c2ccc(C#N)cc2F)CC1. The Kier molecular flexibility index (Phi) is 3.83. The summed E-state index contributed by atoms with van der Waals surface area (Å²) in [5.41, 5.74) is 0.955. The Labute approximate surface area is 107 Å². The standard InChI is InChI=1S/C14H18FN3/c1-17-7-5-12(6-8-17)18(2)14-4-3-11(10-16)9-13(14)15/h3-4,9,12H,5-8H2,1-2H3. The molecule has 1 fully saturated rings. The van der Waals surface area contributed by atoms with Gasteiger partial charge >= 0.3 is 0 Å². The van der Waals surface area contributed by atoms with E-state index in [0.717, 1.165) is 25.9 Å². The second-order valence-corrected chi connectivity index (χ2v) is 4.92. The number of rotatable bonds is 2. The summed E-state index contributed by atoms with van der Waals surface area (Å²) >= 11 is 0. The molecule has 0 N–H and O–H groups in total. The molecule has 96 valence electrons. The lowest BCUT2D eigenvalue weighted by Gasteiger charge is -2.36. The van der Waals surface area contributed by atoms with Crippen LogP contribution < -0.4 is 4.90 Å². The monoisotopic (exact) mass is 247 g/mol. The first-order chi connectivity index (χ1) is 8.61. The highest BCUT2D eigenvalue weighted by atomic mass is 19.1. The van der Waals surface area contributed by atoms with E-state index >= 15 is 0 Å². The molecular formula is C14H18FN3. The van der Waals surface area contributed by atoms with Gasteiger partial charge in [-0.3, -0.25) is 0 Å². The summed E-state index contributed by atoms with van der Waals surface area (Å²) in [5.74, 6) is -0.310. The molecule has 2 rings (SSSR count). The lowest BCUT2D eigenvalue weighted by atomic mass is 10.0. The highest BCUT2D eigenvalue weighted by Gasteiger charge is 2.22. The minimum Gasteiger partial charge on any atom is -0.369 e. The quantitative estimate of drug-likeness (QED) is 0.803. The Morgan fingerprint density at radius 1 is 1.39 bits per heavy atom. The van der Waals surface area contributed by atoms with E-state index in [1.165, 1.54) is 6.07 Å². The molecule has 1 aliphatic rings. The maximum absolute atomic E-state index is 13.9. The van der Waals surface area contributed by atoms with E-state index in [-0.39, 0.29) is 5.82 Å². The first-order valence-electron chi connectivity index (χ1n) is 6.23. The van der Waals surface area contributed by atoms with Crippen LogP contribution in [0.2, 0.25) is 0 Å². The maximum Gasteiger partial charge on any atom is 0.147 e. The Bertz CT molecular complexity index is 459. The third-order valence-electron chi connectivity index (χ3n) is 3.69. The molecule has 1 aliphatic heterocycles. The van der Waals surface area contributed by atoms with Crippen molar-refractivity contribution in [1.82, 2.24) is 4.90 Å². The average molecular weight is 247 g/mol. The molecule has 0 aliphatic carbocycles. The second-order valence-electron chi connectivity index (χ2n) is 4.92. The van der Waals surface area contributed by atoms with Crippen LogP contribution in [-0.4, -0.2) is 38.1 Å². The number of piperidine rings is 1.